The molecule has 1 aliphatic heterocycles. The van der Waals surface area contributed by atoms with Crippen molar-refractivity contribution in [3.8, 4) is 0 Å². The Bertz CT molecular complexity index is 809. The number of fused-ring (bicyclic) bond motifs is 1. The summed E-state index contributed by atoms with van der Waals surface area (Å²) in [5.74, 6) is 0.0873. The fourth-order valence-corrected chi connectivity index (χ4v) is 3.76. The van der Waals surface area contributed by atoms with Crippen molar-refractivity contribution in [1.29, 1.82) is 0 Å². The van der Waals surface area contributed by atoms with Crippen LogP contribution in [0, 0.1) is 0 Å². The second-order valence-electron chi connectivity index (χ2n) is 8.36. The Balaban J connectivity index is 0.000000575. The molecule has 0 atom stereocenters. The maximum Gasteiger partial charge on any atom is 0.293 e. The molecule has 2 heterocycles. The molecule has 3 rings (SSSR count). The molecule has 8 heteroatoms. The van der Waals surface area contributed by atoms with Crippen molar-refractivity contribution < 1.29 is 23.8 Å². The van der Waals surface area contributed by atoms with Gasteiger partial charge in [-0.05, 0) is 37.2 Å². The first-order valence-electron chi connectivity index (χ1n) is 10.4. The zero-order valence-corrected chi connectivity index (χ0v) is 19.6. The Hall–Kier alpha value is -2.16. The van der Waals surface area contributed by atoms with Crippen LogP contribution >= 0.6 is 0 Å². The molecule has 0 N–H and O–H groups in total. The van der Waals surface area contributed by atoms with Gasteiger partial charge in [-0.3, -0.25) is 9.59 Å². The summed E-state index contributed by atoms with van der Waals surface area (Å²) in [6.07, 6.45) is 2.03. The number of amides is 1. The summed E-state index contributed by atoms with van der Waals surface area (Å²) in [7, 11) is -1.05. The fourth-order valence-electron chi connectivity index (χ4n) is 3.00. The van der Waals surface area contributed by atoms with Crippen molar-refractivity contribution in [3.63, 3.8) is 0 Å². The highest BCUT2D eigenvalue weighted by atomic mass is 28.3. The molecule has 1 saturated heterocycles. The maximum absolute atomic E-state index is 12.6. The highest BCUT2D eigenvalue weighted by Crippen LogP contribution is 2.19. The number of benzene rings is 1. The van der Waals surface area contributed by atoms with Crippen molar-refractivity contribution in [2.24, 2.45) is 0 Å². The van der Waals surface area contributed by atoms with Crippen LogP contribution in [0.1, 0.15) is 17.3 Å². The molecule has 1 fully saturated rings. The van der Waals surface area contributed by atoms with Gasteiger partial charge in [0.05, 0.1) is 25.3 Å². The van der Waals surface area contributed by atoms with E-state index in [1.807, 2.05) is 35.4 Å². The number of hydrogen-bond donors (Lipinski definition) is 0. The number of rotatable bonds is 8. The van der Waals surface area contributed by atoms with E-state index >= 15 is 0 Å². The Kier molecular flexibility index (Phi) is 9.55. The third-order valence-electron chi connectivity index (χ3n) is 4.78. The topological polar surface area (TPSA) is 70.0 Å². The Labute approximate surface area is 179 Å². The SMILES string of the molecule is CCOC=O.C[Si](C)(C)CCOCn1ccc2cc(C(=O)N3CCOCC3)ccc21. The minimum Gasteiger partial charge on any atom is -0.468 e. The summed E-state index contributed by atoms with van der Waals surface area (Å²) in [6.45, 7) is 13.7. The lowest BCUT2D eigenvalue weighted by molar-refractivity contribution is -0.128. The van der Waals surface area contributed by atoms with Crippen LogP contribution in [0.5, 0.6) is 0 Å². The normalized spacial score (nSPS) is 14.2. The number of hydrogen-bond acceptors (Lipinski definition) is 5. The van der Waals surface area contributed by atoms with E-state index in [1.54, 1.807) is 6.92 Å². The van der Waals surface area contributed by atoms with E-state index in [0.717, 1.165) is 23.1 Å². The van der Waals surface area contributed by atoms with Crippen LogP contribution in [0.2, 0.25) is 25.7 Å². The molecule has 0 saturated carbocycles. The van der Waals surface area contributed by atoms with Crippen molar-refractivity contribution in [1.82, 2.24) is 9.47 Å². The summed E-state index contributed by atoms with van der Waals surface area (Å²) in [6, 6.07) is 9.13. The van der Waals surface area contributed by atoms with Crippen molar-refractivity contribution in [2.45, 2.75) is 39.3 Å². The minimum absolute atomic E-state index is 0.0873. The van der Waals surface area contributed by atoms with Crippen LogP contribution in [0.25, 0.3) is 10.9 Å². The van der Waals surface area contributed by atoms with Gasteiger partial charge in [0.1, 0.15) is 6.73 Å². The summed E-state index contributed by atoms with van der Waals surface area (Å²) in [5.41, 5.74) is 1.85. The number of aromatic nitrogens is 1. The monoisotopic (exact) mass is 434 g/mol. The number of nitrogens with zero attached hydrogens (tertiary/aromatic N) is 2. The average Bonchev–Trinajstić information content (AvgIpc) is 3.14. The molecule has 1 aliphatic rings. The van der Waals surface area contributed by atoms with Crippen LogP contribution in [0.3, 0.4) is 0 Å². The van der Waals surface area contributed by atoms with Gasteiger partial charge >= 0.3 is 0 Å². The van der Waals surface area contributed by atoms with Gasteiger partial charge in [0, 0.05) is 44.9 Å². The fraction of sp³-hybridized carbons (Fsp3) is 0.545. The second kappa shape index (κ2) is 11.9. The van der Waals surface area contributed by atoms with E-state index in [9.17, 15) is 9.59 Å². The van der Waals surface area contributed by atoms with E-state index in [1.165, 1.54) is 6.04 Å². The van der Waals surface area contributed by atoms with E-state index in [0.29, 0.717) is 46.1 Å². The van der Waals surface area contributed by atoms with Gasteiger partial charge in [-0.15, -0.1) is 0 Å². The average molecular weight is 435 g/mol. The molecule has 0 spiro atoms. The van der Waals surface area contributed by atoms with Gasteiger partial charge in [-0.1, -0.05) is 19.6 Å². The minimum atomic E-state index is -1.05. The highest BCUT2D eigenvalue weighted by molar-refractivity contribution is 6.76. The molecule has 7 nitrogen and oxygen atoms in total. The summed E-state index contributed by atoms with van der Waals surface area (Å²) in [5, 5.41) is 1.08. The van der Waals surface area contributed by atoms with Gasteiger partial charge in [0.2, 0.25) is 0 Å². The van der Waals surface area contributed by atoms with Crippen LogP contribution in [0.4, 0.5) is 0 Å². The maximum atomic E-state index is 12.6. The molecule has 0 aliphatic carbocycles. The van der Waals surface area contributed by atoms with Gasteiger partial charge in [0.25, 0.3) is 12.4 Å². The predicted octanol–water partition coefficient (Wildman–Crippen LogP) is 3.61. The van der Waals surface area contributed by atoms with Crippen molar-refractivity contribution in [3.05, 3.63) is 36.0 Å². The summed E-state index contributed by atoms with van der Waals surface area (Å²) < 4.78 is 17.4. The lowest BCUT2D eigenvalue weighted by Crippen LogP contribution is -2.40. The number of morpholine rings is 1. The quantitative estimate of drug-likeness (QED) is 0.361. The van der Waals surface area contributed by atoms with Crippen LogP contribution < -0.4 is 0 Å². The van der Waals surface area contributed by atoms with Gasteiger partial charge in [-0.2, -0.15) is 0 Å². The molecule has 1 amide bonds. The third kappa shape index (κ3) is 7.59. The van der Waals surface area contributed by atoms with E-state index in [-0.39, 0.29) is 5.91 Å². The smallest absolute Gasteiger partial charge is 0.293 e. The third-order valence-corrected chi connectivity index (χ3v) is 6.48. The standard InChI is InChI=1S/C19H28N2O3Si.C3H6O2/c1-25(2,3)13-12-24-15-21-7-6-16-14-17(4-5-18(16)21)19(22)20-8-10-23-11-9-20;1-2-5-3-4/h4-7,14H,8-13,15H2,1-3H3;3H,2H2,1H3. The first-order chi connectivity index (χ1) is 14.4. The lowest BCUT2D eigenvalue weighted by Gasteiger charge is -2.26. The largest absolute Gasteiger partial charge is 0.468 e. The molecular weight excluding hydrogens is 400 g/mol. The molecule has 0 unspecified atom stereocenters. The Morgan fingerprint density at radius 2 is 1.93 bits per heavy atom. The highest BCUT2D eigenvalue weighted by Gasteiger charge is 2.19. The lowest BCUT2D eigenvalue weighted by atomic mass is 10.1. The number of carbonyl (C=O) groups is 2. The molecular formula is C22H34N2O5Si. The van der Waals surface area contributed by atoms with E-state index in [2.05, 4.69) is 28.9 Å². The predicted molar refractivity (Wildman–Crippen MR) is 120 cm³/mol. The first-order valence-corrected chi connectivity index (χ1v) is 14.2. The number of carbonyl (C=O) groups excluding carboxylic acids is 2. The molecule has 0 bridgehead atoms. The molecule has 1 aromatic heterocycles. The Morgan fingerprint density at radius 3 is 2.53 bits per heavy atom. The summed E-state index contributed by atoms with van der Waals surface area (Å²) in [4.78, 5) is 23.6. The molecule has 30 heavy (non-hydrogen) atoms. The van der Waals surface area contributed by atoms with Gasteiger partial charge in [0.15, 0.2) is 0 Å². The molecule has 2 aromatic rings. The molecule has 166 valence electrons. The van der Waals surface area contributed by atoms with Crippen LogP contribution in [0.15, 0.2) is 30.5 Å². The second-order valence-corrected chi connectivity index (χ2v) is 14.0. The van der Waals surface area contributed by atoms with Gasteiger partial charge < -0.3 is 23.7 Å². The summed E-state index contributed by atoms with van der Waals surface area (Å²) >= 11 is 0. The van der Waals surface area contributed by atoms with Crippen molar-refractivity contribution >= 4 is 31.4 Å². The van der Waals surface area contributed by atoms with Crippen LogP contribution in [-0.2, 0) is 25.7 Å². The molecule has 0 radical (unpaired) electrons. The molecule has 1 aromatic carbocycles. The van der Waals surface area contributed by atoms with E-state index < -0.39 is 8.07 Å². The van der Waals surface area contributed by atoms with Gasteiger partial charge in [-0.25, -0.2) is 0 Å². The van der Waals surface area contributed by atoms with E-state index in [4.69, 9.17) is 9.47 Å². The number of ether oxygens (including phenoxy) is 3. The zero-order valence-electron chi connectivity index (χ0n) is 18.6. The first kappa shape index (κ1) is 24.1. The van der Waals surface area contributed by atoms with Crippen molar-refractivity contribution in [2.75, 3.05) is 39.5 Å². The van der Waals surface area contributed by atoms with Crippen LogP contribution in [-0.4, -0.2) is 69.4 Å². The zero-order chi connectivity index (χ0) is 22.0. The Morgan fingerprint density at radius 1 is 1.20 bits per heavy atom.